The molecule has 2 rings (SSSR count). The molecule has 0 aromatic carbocycles. The Morgan fingerprint density at radius 1 is 0.581 bits per heavy atom. The molecule has 0 aromatic rings. The largest absolute Gasteiger partial charge is 0.466 e. The first-order valence-corrected chi connectivity index (χ1v) is 14.2. The van der Waals surface area contributed by atoms with Crippen LogP contribution in [-0.4, -0.2) is 82.0 Å². The molecule has 0 spiro atoms. The van der Waals surface area contributed by atoms with Gasteiger partial charge in [0.2, 0.25) is 0 Å². The van der Waals surface area contributed by atoms with Crippen LogP contribution >= 0.6 is 0 Å². The third-order valence-corrected chi connectivity index (χ3v) is 6.48. The van der Waals surface area contributed by atoms with Crippen LogP contribution < -0.4 is 0 Å². The molecule has 43 heavy (non-hydrogen) atoms. The molecule has 0 radical (unpaired) electrons. The van der Waals surface area contributed by atoms with Crippen molar-refractivity contribution in [2.75, 3.05) is 13.2 Å². The van der Waals surface area contributed by atoms with Crippen molar-refractivity contribution in [1.82, 2.24) is 10.1 Å². The SMILES string of the molecule is CC(C)(CCOC(=O)CCCC(=O)ON1C(=O)CCC1=O)OCCC(C)(C)OC(=O)CCCC(=O)ON1C(=O)CCC1=O. The summed E-state index contributed by atoms with van der Waals surface area (Å²) >= 11 is 0. The lowest BCUT2D eigenvalue weighted by molar-refractivity contribution is -0.197. The van der Waals surface area contributed by atoms with Crippen molar-refractivity contribution < 1.29 is 62.2 Å². The molecule has 2 fully saturated rings. The minimum Gasteiger partial charge on any atom is -0.466 e. The molecule has 0 aromatic heterocycles. The third kappa shape index (κ3) is 12.9. The van der Waals surface area contributed by atoms with E-state index in [-0.39, 0.29) is 77.4 Å². The number of hydroxylamine groups is 4. The maximum atomic E-state index is 12.2. The molecule has 0 atom stereocenters. The number of hydrogen-bond acceptors (Lipinski definition) is 13. The molecule has 0 bridgehead atoms. The average molecular weight is 613 g/mol. The number of nitrogens with zero attached hydrogens (tertiary/aromatic N) is 2. The lowest BCUT2D eigenvalue weighted by Crippen LogP contribution is -2.33. The molecule has 2 saturated heterocycles. The molecular formula is C28H40N2O13. The Hall–Kier alpha value is -3.88. The van der Waals surface area contributed by atoms with Crippen molar-refractivity contribution in [3.05, 3.63) is 0 Å². The Morgan fingerprint density at radius 2 is 0.977 bits per heavy atom. The third-order valence-electron chi connectivity index (χ3n) is 6.48. The van der Waals surface area contributed by atoms with E-state index in [0.717, 1.165) is 0 Å². The first-order chi connectivity index (χ1) is 20.1. The van der Waals surface area contributed by atoms with Gasteiger partial charge < -0.3 is 23.9 Å². The topological polar surface area (TPSA) is 189 Å². The molecule has 15 heteroatoms. The Balaban J connectivity index is 1.55. The van der Waals surface area contributed by atoms with Gasteiger partial charge in [-0.15, -0.1) is 10.1 Å². The molecule has 2 heterocycles. The van der Waals surface area contributed by atoms with E-state index in [0.29, 0.717) is 23.0 Å². The maximum Gasteiger partial charge on any atom is 0.333 e. The van der Waals surface area contributed by atoms with E-state index in [4.69, 9.17) is 23.9 Å². The van der Waals surface area contributed by atoms with Crippen LogP contribution in [-0.2, 0) is 62.2 Å². The minimum atomic E-state index is -0.856. The lowest BCUT2D eigenvalue weighted by atomic mass is 10.0. The molecule has 240 valence electrons. The Kier molecular flexibility index (Phi) is 13.2. The number of imide groups is 2. The lowest BCUT2D eigenvalue weighted by Gasteiger charge is -2.29. The van der Waals surface area contributed by atoms with Crippen LogP contribution in [0.2, 0.25) is 0 Å². The smallest absolute Gasteiger partial charge is 0.333 e. The van der Waals surface area contributed by atoms with Gasteiger partial charge in [0.25, 0.3) is 23.6 Å². The number of esters is 2. The van der Waals surface area contributed by atoms with E-state index in [1.807, 2.05) is 13.8 Å². The zero-order chi connectivity index (χ0) is 32.2. The molecule has 4 amide bonds. The van der Waals surface area contributed by atoms with Crippen molar-refractivity contribution in [3.8, 4) is 0 Å². The van der Waals surface area contributed by atoms with Crippen LogP contribution in [0.25, 0.3) is 0 Å². The van der Waals surface area contributed by atoms with E-state index in [1.165, 1.54) is 0 Å². The Bertz CT molecular complexity index is 1070. The van der Waals surface area contributed by atoms with Gasteiger partial charge in [0, 0.05) is 64.2 Å². The van der Waals surface area contributed by atoms with Crippen LogP contribution in [0.4, 0.5) is 0 Å². The first-order valence-electron chi connectivity index (χ1n) is 14.2. The first kappa shape index (κ1) is 35.3. The summed E-state index contributed by atoms with van der Waals surface area (Å²) in [6.45, 7) is 7.40. The molecule has 0 N–H and O–H groups in total. The average Bonchev–Trinajstić information content (AvgIpc) is 3.38. The predicted molar refractivity (Wildman–Crippen MR) is 142 cm³/mol. The van der Waals surface area contributed by atoms with E-state index in [1.54, 1.807) is 13.8 Å². The quantitative estimate of drug-likeness (QED) is 0.161. The molecule has 15 nitrogen and oxygen atoms in total. The number of rotatable bonds is 18. The van der Waals surface area contributed by atoms with Crippen LogP contribution in [0.1, 0.15) is 105 Å². The number of carbonyl (C=O) groups is 8. The van der Waals surface area contributed by atoms with Crippen molar-refractivity contribution in [2.45, 2.75) is 116 Å². The molecule has 0 unspecified atom stereocenters. The summed E-state index contributed by atoms with van der Waals surface area (Å²) in [6.07, 6.45) is 0.583. The van der Waals surface area contributed by atoms with E-state index < -0.39 is 58.7 Å². The summed E-state index contributed by atoms with van der Waals surface area (Å²) in [5.41, 5.74) is -1.51. The second-order valence-electron chi connectivity index (χ2n) is 11.4. The zero-order valence-corrected chi connectivity index (χ0v) is 25.1. The maximum absolute atomic E-state index is 12.2. The fraction of sp³-hybridized carbons (Fsp3) is 0.714. The molecule has 2 aliphatic rings. The molecule has 2 aliphatic heterocycles. The molecule has 0 saturated carbocycles. The van der Waals surface area contributed by atoms with Crippen LogP contribution in [0.5, 0.6) is 0 Å². The second kappa shape index (κ2) is 16.1. The standard InChI is InChI=1S/C28H40N2O13/c1-27(2,15-17-39-23(35)7-5-9-25(37)42-29-19(31)11-12-20(29)32)40-18-16-28(3,4)41-24(36)8-6-10-26(38)43-30-21(33)13-14-22(30)34/h5-18H2,1-4H3. The highest BCUT2D eigenvalue weighted by Gasteiger charge is 2.34. The van der Waals surface area contributed by atoms with E-state index in [2.05, 4.69) is 0 Å². The monoisotopic (exact) mass is 612 g/mol. The van der Waals surface area contributed by atoms with Gasteiger partial charge in [-0.1, -0.05) is 0 Å². The summed E-state index contributed by atoms with van der Waals surface area (Å²) in [4.78, 5) is 103. The van der Waals surface area contributed by atoms with Crippen LogP contribution in [0, 0.1) is 0 Å². The summed E-state index contributed by atoms with van der Waals surface area (Å²) in [5.74, 6) is -4.90. The van der Waals surface area contributed by atoms with Crippen molar-refractivity contribution in [2.24, 2.45) is 0 Å². The molecule has 0 aliphatic carbocycles. The molecular weight excluding hydrogens is 572 g/mol. The Labute approximate surface area is 249 Å². The minimum absolute atomic E-state index is 0.0000841. The fourth-order valence-corrected chi connectivity index (χ4v) is 3.90. The van der Waals surface area contributed by atoms with Gasteiger partial charge in [0.1, 0.15) is 5.60 Å². The zero-order valence-electron chi connectivity index (χ0n) is 25.1. The number of ether oxygens (including phenoxy) is 3. The summed E-state index contributed by atoms with van der Waals surface area (Å²) < 4.78 is 16.6. The van der Waals surface area contributed by atoms with Gasteiger partial charge in [-0.25, -0.2) is 9.59 Å². The predicted octanol–water partition coefficient (Wildman–Crippen LogP) is 1.98. The van der Waals surface area contributed by atoms with E-state index in [9.17, 15) is 38.4 Å². The van der Waals surface area contributed by atoms with Gasteiger partial charge in [0.05, 0.1) is 18.8 Å². The fourth-order valence-electron chi connectivity index (χ4n) is 3.90. The normalized spacial score (nSPS) is 15.6. The number of amides is 4. The summed E-state index contributed by atoms with van der Waals surface area (Å²) in [6, 6.07) is 0. The highest BCUT2D eigenvalue weighted by atomic mass is 16.7. The van der Waals surface area contributed by atoms with Crippen LogP contribution in [0.15, 0.2) is 0 Å². The number of hydrogen-bond donors (Lipinski definition) is 0. The van der Waals surface area contributed by atoms with Gasteiger partial charge in [0.15, 0.2) is 0 Å². The highest BCUT2D eigenvalue weighted by molar-refractivity contribution is 6.02. The van der Waals surface area contributed by atoms with Crippen molar-refractivity contribution in [3.63, 3.8) is 0 Å². The Morgan fingerprint density at radius 3 is 1.44 bits per heavy atom. The van der Waals surface area contributed by atoms with Gasteiger partial charge >= 0.3 is 23.9 Å². The van der Waals surface area contributed by atoms with Gasteiger partial charge in [-0.3, -0.25) is 28.8 Å². The van der Waals surface area contributed by atoms with Gasteiger partial charge in [-0.05, 0) is 40.5 Å². The second-order valence-corrected chi connectivity index (χ2v) is 11.4. The highest BCUT2D eigenvalue weighted by Crippen LogP contribution is 2.21. The van der Waals surface area contributed by atoms with Crippen molar-refractivity contribution >= 4 is 47.5 Å². The summed E-state index contributed by atoms with van der Waals surface area (Å²) in [5, 5.41) is 0.922. The van der Waals surface area contributed by atoms with Gasteiger partial charge in [-0.2, -0.15) is 0 Å². The number of carbonyl (C=O) groups excluding carboxylic acids is 8. The van der Waals surface area contributed by atoms with Crippen LogP contribution in [0.3, 0.4) is 0 Å². The van der Waals surface area contributed by atoms with Crippen molar-refractivity contribution in [1.29, 1.82) is 0 Å². The van der Waals surface area contributed by atoms with E-state index >= 15 is 0 Å². The summed E-state index contributed by atoms with van der Waals surface area (Å²) in [7, 11) is 0.